The van der Waals surface area contributed by atoms with Crippen molar-refractivity contribution in [2.45, 2.75) is 0 Å². The quantitative estimate of drug-likeness (QED) is 0.219. The summed E-state index contributed by atoms with van der Waals surface area (Å²) in [6, 6.07) is 54.6. The van der Waals surface area contributed by atoms with Crippen LogP contribution >= 0.6 is 0 Å². The third-order valence-corrected chi connectivity index (χ3v) is 8.40. The van der Waals surface area contributed by atoms with Crippen LogP contribution < -0.4 is 0 Å². The first-order chi connectivity index (χ1) is 20.4. The molecule has 3 heterocycles. The normalized spacial score (nSPS) is 11.9. The molecule has 0 atom stereocenters. The number of para-hydroxylation sites is 4. The number of hydrogen-bond acceptors (Lipinski definition) is 0. The van der Waals surface area contributed by atoms with Gasteiger partial charge in [0, 0.05) is 33.1 Å². The number of benzene rings is 6. The van der Waals surface area contributed by atoms with E-state index in [2.05, 4.69) is 165 Å². The molecule has 0 saturated carbocycles. The Bertz CT molecular complexity index is 2390. The molecule has 0 bridgehead atoms. The lowest BCUT2D eigenvalue weighted by Crippen LogP contribution is -1.96. The van der Waals surface area contributed by atoms with Crippen LogP contribution in [-0.4, -0.2) is 13.5 Å². The van der Waals surface area contributed by atoms with Gasteiger partial charge in [-0.3, -0.25) is 8.97 Å². The van der Waals surface area contributed by atoms with Gasteiger partial charge < -0.3 is 4.57 Å². The molecule has 3 heteroatoms. The van der Waals surface area contributed by atoms with Crippen molar-refractivity contribution in [3.05, 3.63) is 152 Å². The highest BCUT2D eigenvalue weighted by atomic mass is 15.1. The highest BCUT2D eigenvalue weighted by molar-refractivity contribution is 6.16. The average Bonchev–Trinajstić information content (AvgIpc) is 3.66. The van der Waals surface area contributed by atoms with Crippen molar-refractivity contribution >= 4 is 49.4 Å². The van der Waals surface area contributed by atoms with Crippen molar-refractivity contribution < 1.29 is 0 Å². The van der Waals surface area contributed by atoms with Crippen LogP contribution in [0, 0.1) is 0 Å². The van der Waals surface area contributed by atoms with Crippen LogP contribution in [0.4, 0.5) is 0 Å². The average molecular weight is 524 g/mol. The maximum Gasteiger partial charge on any atom is 0.131 e. The molecule has 9 rings (SSSR count). The van der Waals surface area contributed by atoms with Gasteiger partial charge in [0.15, 0.2) is 0 Å². The van der Waals surface area contributed by atoms with Gasteiger partial charge in [-0.2, -0.15) is 0 Å². The number of fused-ring (bicyclic) bond motifs is 8. The Balaban J connectivity index is 1.55. The molecular formula is C38H25N3. The molecule has 0 saturated heterocycles. The van der Waals surface area contributed by atoms with Gasteiger partial charge in [0.1, 0.15) is 5.65 Å². The summed E-state index contributed by atoms with van der Waals surface area (Å²) < 4.78 is 7.32. The van der Waals surface area contributed by atoms with Crippen LogP contribution in [0.2, 0.25) is 0 Å². The zero-order valence-corrected chi connectivity index (χ0v) is 22.3. The first-order valence-corrected chi connectivity index (χ1v) is 14.1. The van der Waals surface area contributed by atoms with Gasteiger partial charge in [-0.15, -0.1) is 0 Å². The summed E-state index contributed by atoms with van der Waals surface area (Å²) in [4.78, 5) is 0. The molecule has 0 amide bonds. The topological polar surface area (TPSA) is 14.3 Å². The van der Waals surface area contributed by atoms with Crippen molar-refractivity contribution in [2.75, 3.05) is 0 Å². The number of aromatic nitrogens is 3. The predicted molar refractivity (Wildman–Crippen MR) is 172 cm³/mol. The molecule has 0 aliphatic rings. The molecule has 9 aromatic rings. The maximum absolute atomic E-state index is 2.47. The van der Waals surface area contributed by atoms with E-state index in [1.165, 1.54) is 60.5 Å². The van der Waals surface area contributed by atoms with Crippen LogP contribution in [0.1, 0.15) is 0 Å². The lowest BCUT2D eigenvalue weighted by Gasteiger charge is -2.10. The summed E-state index contributed by atoms with van der Waals surface area (Å²) in [5.41, 5.74) is 12.0. The lowest BCUT2D eigenvalue weighted by atomic mass is 10.0. The fourth-order valence-electron chi connectivity index (χ4n) is 6.73. The third kappa shape index (κ3) is 3.09. The van der Waals surface area contributed by atoms with Crippen LogP contribution in [0.3, 0.4) is 0 Å². The van der Waals surface area contributed by atoms with Crippen molar-refractivity contribution in [1.29, 1.82) is 0 Å². The molecule has 41 heavy (non-hydrogen) atoms. The summed E-state index contributed by atoms with van der Waals surface area (Å²) >= 11 is 0. The van der Waals surface area contributed by atoms with E-state index in [1.807, 2.05) is 0 Å². The van der Waals surface area contributed by atoms with E-state index >= 15 is 0 Å². The molecule has 0 spiro atoms. The summed E-state index contributed by atoms with van der Waals surface area (Å²) in [5, 5.41) is 3.77. The second kappa shape index (κ2) is 8.48. The number of nitrogens with zero attached hydrogens (tertiary/aromatic N) is 3. The molecule has 0 aliphatic heterocycles. The largest absolute Gasteiger partial charge is 0.309 e. The Labute approximate surface area is 236 Å². The zero-order chi connectivity index (χ0) is 26.9. The number of rotatable bonds is 3. The highest BCUT2D eigenvalue weighted by Crippen LogP contribution is 2.43. The van der Waals surface area contributed by atoms with E-state index in [1.54, 1.807) is 0 Å². The van der Waals surface area contributed by atoms with Gasteiger partial charge in [-0.05, 0) is 54.1 Å². The Kier molecular flexibility index (Phi) is 4.61. The summed E-state index contributed by atoms with van der Waals surface area (Å²) in [6.45, 7) is 0. The van der Waals surface area contributed by atoms with Crippen LogP contribution in [0.25, 0.3) is 71.9 Å². The third-order valence-electron chi connectivity index (χ3n) is 8.40. The van der Waals surface area contributed by atoms with E-state index in [4.69, 9.17) is 0 Å². The monoisotopic (exact) mass is 523 g/mol. The van der Waals surface area contributed by atoms with Gasteiger partial charge >= 0.3 is 0 Å². The Morgan fingerprint density at radius 2 is 0.902 bits per heavy atom. The van der Waals surface area contributed by atoms with Gasteiger partial charge in [-0.25, -0.2) is 0 Å². The molecule has 3 nitrogen and oxygen atoms in total. The van der Waals surface area contributed by atoms with Gasteiger partial charge in [-0.1, -0.05) is 103 Å². The van der Waals surface area contributed by atoms with E-state index in [9.17, 15) is 0 Å². The molecule has 192 valence electrons. The smallest absolute Gasteiger partial charge is 0.131 e. The summed E-state index contributed by atoms with van der Waals surface area (Å²) in [7, 11) is 0. The molecule has 6 aromatic carbocycles. The van der Waals surface area contributed by atoms with Gasteiger partial charge in [0.25, 0.3) is 0 Å². The van der Waals surface area contributed by atoms with E-state index in [0.717, 1.165) is 11.4 Å². The van der Waals surface area contributed by atoms with Crippen molar-refractivity contribution in [3.8, 4) is 22.5 Å². The minimum absolute atomic E-state index is 1.15. The summed E-state index contributed by atoms with van der Waals surface area (Å²) in [5.74, 6) is 0. The fraction of sp³-hybridized carbons (Fsp3) is 0. The molecule has 0 aliphatic carbocycles. The fourth-order valence-corrected chi connectivity index (χ4v) is 6.73. The standard InChI is InChI=1S/C38H25N3/c1-4-14-26(15-5-1)37-30-21-11-13-23-33(30)41-35-24-31-29-20-10-12-22-32(29)39(27-16-6-2-7-17-27)34(31)25-36(35)40(38(37)41)28-18-8-3-9-19-28/h1-25H. The zero-order valence-electron chi connectivity index (χ0n) is 22.3. The van der Waals surface area contributed by atoms with Gasteiger partial charge in [0.2, 0.25) is 0 Å². The van der Waals surface area contributed by atoms with Crippen LogP contribution in [0.5, 0.6) is 0 Å². The first kappa shape index (κ1) is 22.3. The van der Waals surface area contributed by atoms with E-state index in [0.29, 0.717) is 0 Å². The Hall–Kier alpha value is -5.54. The van der Waals surface area contributed by atoms with E-state index < -0.39 is 0 Å². The second-order valence-electron chi connectivity index (χ2n) is 10.6. The number of imidazole rings is 1. The Morgan fingerprint density at radius 1 is 0.341 bits per heavy atom. The first-order valence-electron chi connectivity index (χ1n) is 14.1. The highest BCUT2D eigenvalue weighted by Gasteiger charge is 2.24. The molecule has 0 fully saturated rings. The molecule has 0 N–H and O–H groups in total. The minimum atomic E-state index is 1.15. The molecule has 0 radical (unpaired) electrons. The van der Waals surface area contributed by atoms with Crippen LogP contribution in [-0.2, 0) is 0 Å². The second-order valence-corrected chi connectivity index (χ2v) is 10.6. The number of hydrogen-bond donors (Lipinski definition) is 0. The maximum atomic E-state index is 2.47. The molecule has 0 unspecified atom stereocenters. The lowest BCUT2D eigenvalue weighted by molar-refractivity contribution is 1.14. The summed E-state index contributed by atoms with van der Waals surface area (Å²) in [6.07, 6.45) is 0. The minimum Gasteiger partial charge on any atom is -0.309 e. The predicted octanol–water partition coefficient (Wildman–Crippen LogP) is 9.80. The molecular weight excluding hydrogens is 498 g/mol. The van der Waals surface area contributed by atoms with Crippen molar-refractivity contribution in [2.24, 2.45) is 0 Å². The van der Waals surface area contributed by atoms with Crippen molar-refractivity contribution in [1.82, 2.24) is 13.5 Å². The van der Waals surface area contributed by atoms with E-state index in [-0.39, 0.29) is 0 Å². The van der Waals surface area contributed by atoms with Gasteiger partial charge in [0.05, 0.1) is 27.6 Å². The Morgan fingerprint density at radius 3 is 1.61 bits per heavy atom. The van der Waals surface area contributed by atoms with Crippen LogP contribution in [0.15, 0.2) is 152 Å². The SMILES string of the molecule is c1ccc(-c2c3ccccc3n3c4cc5c6ccccc6n(-c6ccccc6)c5cc4n(-c4ccccc4)c23)cc1. The van der Waals surface area contributed by atoms with Crippen molar-refractivity contribution in [3.63, 3.8) is 0 Å². The molecule has 3 aromatic heterocycles.